The number of hydrogen-bond acceptors (Lipinski definition) is 5. The maximum absolute atomic E-state index is 13.2. The second kappa shape index (κ2) is 15.7. The Balaban J connectivity index is 1.51. The molecule has 0 fully saturated rings. The first-order valence-corrected chi connectivity index (χ1v) is 14.9. The van der Waals surface area contributed by atoms with Crippen LogP contribution in [0.3, 0.4) is 0 Å². The minimum atomic E-state index is -0.791. The average molecular weight is 599 g/mol. The first-order chi connectivity index (χ1) is 20.8. The Kier molecular flexibility index (Phi) is 12.0. The smallest absolute Gasteiger partial charge is 0.434 e. The normalized spacial score (nSPS) is 12.9. The number of Topliss-reactive ketones (excluding diaryl/α,β-unsaturated/α-hetero) is 1. The van der Waals surface area contributed by atoms with Crippen molar-refractivity contribution in [2.75, 3.05) is 11.9 Å². The summed E-state index contributed by atoms with van der Waals surface area (Å²) in [6.45, 7) is 10.9. The summed E-state index contributed by atoms with van der Waals surface area (Å²) in [7, 11) is 0. The van der Waals surface area contributed by atoms with E-state index in [0.717, 1.165) is 29.4 Å². The summed E-state index contributed by atoms with van der Waals surface area (Å²) in [5, 5.41) is 6.55. The van der Waals surface area contributed by atoms with Gasteiger partial charge in [-0.15, -0.1) is 0 Å². The van der Waals surface area contributed by atoms with E-state index < -0.39 is 11.7 Å². The lowest BCUT2D eigenvalue weighted by Gasteiger charge is -2.18. The molecular formula is C35H42N4O5. The molecule has 2 aromatic carbocycles. The number of aliphatic imine (C=N–C) groups is 1. The van der Waals surface area contributed by atoms with Crippen LogP contribution >= 0.6 is 0 Å². The topological polar surface area (TPSA) is 130 Å². The van der Waals surface area contributed by atoms with E-state index in [4.69, 9.17) is 4.74 Å². The number of carbonyl (C=O) groups is 4. The van der Waals surface area contributed by atoms with Crippen molar-refractivity contribution in [3.05, 3.63) is 65.9 Å². The maximum Gasteiger partial charge on any atom is 0.434 e. The highest BCUT2D eigenvalue weighted by Crippen LogP contribution is 2.22. The molecule has 0 aliphatic heterocycles. The number of anilines is 1. The molecule has 1 heterocycles. The molecule has 0 saturated heterocycles. The lowest BCUT2D eigenvalue weighted by Crippen LogP contribution is -2.25. The quantitative estimate of drug-likeness (QED) is 0.173. The monoisotopic (exact) mass is 598 g/mol. The van der Waals surface area contributed by atoms with Gasteiger partial charge in [-0.1, -0.05) is 62.9 Å². The number of rotatable bonds is 11. The van der Waals surface area contributed by atoms with Gasteiger partial charge in [-0.3, -0.25) is 14.4 Å². The molecule has 0 aliphatic rings. The number of H-pyrrole nitrogens is 1. The second-order valence-electron chi connectivity index (χ2n) is 12.1. The van der Waals surface area contributed by atoms with Gasteiger partial charge in [0, 0.05) is 41.4 Å². The van der Waals surface area contributed by atoms with E-state index in [1.54, 1.807) is 45.0 Å². The zero-order chi connectivity index (χ0) is 32.3. The van der Waals surface area contributed by atoms with E-state index in [-0.39, 0.29) is 48.1 Å². The predicted molar refractivity (Wildman–Crippen MR) is 174 cm³/mol. The van der Waals surface area contributed by atoms with Gasteiger partial charge in [-0.25, -0.2) is 4.79 Å². The molecule has 2 atom stereocenters. The summed E-state index contributed by atoms with van der Waals surface area (Å²) >= 11 is 0. The lowest BCUT2D eigenvalue weighted by atomic mass is 9.92. The molecule has 0 spiro atoms. The van der Waals surface area contributed by atoms with Crippen LogP contribution in [0.15, 0.2) is 59.6 Å². The molecule has 0 bridgehead atoms. The van der Waals surface area contributed by atoms with E-state index in [1.165, 1.54) is 6.92 Å². The van der Waals surface area contributed by atoms with Gasteiger partial charge < -0.3 is 20.4 Å². The van der Waals surface area contributed by atoms with Crippen LogP contribution in [0.1, 0.15) is 78.5 Å². The molecule has 0 radical (unpaired) electrons. The number of benzene rings is 2. The Morgan fingerprint density at radius 1 is 1.00 bits per heavy atom. The summed E-state index contributed by atoms with van der Waals surface area (Å²) in [6, 6.07) is 16.5. The highest BCUT2D eigenvalue weighted by atomic mass is 16.6. The van der Waals surface area contributed by atoms with Crippen molar-refractivity contribution in [1.29, 1.82) is 0 Å². The molecule has 3 N–H and O–H groups in total. The molecule has 2 unspecified atom stereocenters. The molecule has 9 heteroatoms. The van der Waals surface area contributed by atoms with Crippen LogP contribution in [0.25, 0.3) is 10.9 Å². The number of aromatic nitrogens is 1. The van der Waals surface area contributed by atoms with Crippen molar-refractivity contribution in [2.24, 2.45) is 16.8 Å². The number of hydrogen-bond donors (Lipinski definition) is 3. The lowest BCUT2D eigenvalue weighted by molar-refractivity contribution is -0.120. The third kappa shape index (κ3) is 11.2. The molecule has 1 aromatic heterocycles. The summed E-state index contributed by atoms with van der Waals surface area (Å²) in [4.78, 5) is 56.7. The standard InChI is InChI=1S/C35H42N4O5/c1-23(20-31(41)32(26-14-8-7-9-15-26)39-34(43)44-35(4,5)6)12-10-13-24(2)33(42)38-29-17-18-30-27(22-29)21-28(37-30)16-11-19-36-25(3)40/h7-9,14-15,17-18,21-24,37H,10,12-13,19-20H2,1-6H3,(H,36,40)(H,38,42). The number of amides is 3. The van der Waals surface area contributed by atoms with Crippen LogP contribution in [0.4, 0.5) is 10.5 Å². The largest absolute Gasteiger partial charge is 0.442 e. The van der Waals surface area contributed by atoms with Gasteiger partial charge in [0.1, 0.15) is 11.3 Å². The van der Waals surface area contributed by atoms with Crippen LogP contribution in [0.5, 0.6) is 0 Å². The van der Waals surface area contributed by atoms with Gasteiger partial charge in [0.2, 0.25) is 11.8 Å². The number of ether oxygens (including phenoxy) is 1. The van der Waals surface area contributed by atoms with Crippen LogP contribution in [-0.4, -0.2) is 46.5 Å². The van der Waals surface area contributed by atoms with Gasteiger partial charge in [0.25, 0.3) is 0 Å². The van der Waals surface area contributed by atoms with E-state index >= 15 is 0 Å². The van der Waals surface area contributed by atoms with Crippen molar-refractivity contribution >= 4 is 46.0 Å². The predicted octanol–water partition coefficient (Wildman–Crippen LogP) is 6.42. The minimum Gasteiger partial charge on any atom is -0.442 e. The number of carbonyl (C=O) groups excluding carboxylic acids is 4. The van der Waals surface area contributed by atoms with Gasteiger partial charge >= 0.3 is 6.09 Å². The summed E-state index contributed by atoms with van der Waals surface area (Å²) in [5.74, 6) is 5.28. The summed E-state index contributed by atoms with van der Waals surface area (Å²) < 4.78 is 5.31. The third-order valence-corrected chi connectivity index (χ3v) is 6.76. The number of ketones is 1. The van der Waals surface area contributed by atoms with Crippen molar-refractivity contribution in [3.8, 4) is 11.8 Å². The van der Waals surface area contributed by atoms with Crippen molar-refractivity contribution in [3.63, 3.8) is 0 Å². The van der Waals surface area contributed by atoms with E-state index in [9.17, 15) is 19.2 Å². The van der Waals surface area contributed by atoms with Crippen molar-refractivity contribution in [2.45, 2.75) is 72.8 Å². The Bertz CT molecular complexity index is 1570. The zero-order valence-electron chi connectivity index (χ0n) is 26.4. The van der Waals surface area contributed by atoms with Crippen molar-refractivity contribution in [1.82, 2.24) is 10.3 Å². The Morgan fingerprint density at radius 2 is 1.73 bits per heavy atom. The number of nitrogens with zero attached hydrogens (tertiary/aromatic N) is 1. The Hall–Kier alpha value is -4.71. The molecule has 0 saturated carbocycles. The SMILES string of the molecule is CC(=O)NCC#Cc1cc2cc(NC(=O)C(C)CCCC(C)CC(=O)C(=NC(=O)OC(C)(C)C)c3ccccc3)ccc2[nH]1. The van der Waals surface area contributed by atoms with E-state index in [1.807, 2.05) is 44.2 Å². The zero-order valence-corrected chi connectivity index (χ0v) is 26.4. The fraction of sp³-hybridized carbons (Fsp3) is 0.400. The number of aromatic amines is 1. The first kappa shape index (κ1) is 33.8. The van der Waals surface area contributed by atoms with Crippen LogP contribution in [-0.2, 0) is 19.1 Å². The molecule has 232 valence electrons. The molecule has 3 aromatic rings. The van der Waals surface area contributed by atoms with Gasteiger partial charge in [-0.05, 0) is 63.3 Å². The average Bonchev–Trinajstić information content (AvgIpc) is 3.35. The first-order valence-electron chi connectivity index (χ1n) is 14.9. The molecular weight excluding hydrogens is 556 g/mol. The van der Waals surface area contributed by atoms with E-state index in [2.05, 4.69) is 32.5 Å². The summed E-state index contributed by atoms with van der Waals surface area (Å²) in [5.41, 5.74) is 2.28. The second-order valence-corrected chi connectivity index (χ2v) is 12.1. The molecule has 9 nitrogen and oxygen atoms in total. The van der Waals surface area contributed by atoms with Gasteiger partial charge in [-0.2, -0.15) is 4.99 Å². The van der Waals surface area contributed by atoms with Crippen LogP contribution < -0.4 is 10.6 Å². The van der Waals surface area contributed by atoms with Crippen LogP contribution in [0.2, 0.25) is 0 Å². The fourth-order valence-corrected chi connectivity index (χ4v) is 4.53. The fourth-order valence-electron chi connectivity index (χ4n) is 4.53. The molecule has 44 heavy (non-hydrogen) atoms. The van der Waals surface area contributed by atoms with Crippen LogP contribution in [0, 0.1) is 23.7 Å². The number of fused-ring (bicyclic) bond motifs is 1. The molecule has 3 amide bonds. The molecule has 0 aliphatic carbocycles. The Labute approximate surface area is 259 Å². The third-order valence-electron chi connectivity index (χ3n) is 6.76. The van der Waals surface area contributed by atoms with Gasteiger partial charge in [0.05, 0.1) is 12.2 Å². The van der Waals surface area contributed by atoms with Crippen molar-refractivity contribution < 1.29 is 23.9 Å². The highest BCUT2D eigenvalue weighted by Gasteiger charge is 2.22. The summed E-state index contributed by atoms with van der Waals surface area (Å²) in [6.07, 6.45) is 1.62. The Morgan fingerprint density at radius 3 is 2.41 bits per heavy atom. The van der Waals surface area contributed by atoms with Gasteiger partial charge in [0.15, 0.2) is 5.78 Å². The minimum absolute atomic E-state index is 0.0387. The maximum atomic E-state index is 13.2. The van der Waals surface area contributed by atoms with E-state index in [0.29, 0.717) is 17.7 Å². The highest BCUT2D eigenvalue weighted by molar-refractivity contribution is 6.47. The molecule has 3 rings (SSSR count). The number of nitrogens with one attached hydrogen (secondary N) is 3.